The summed E-state index contributed by atoms with van der Waals surface area (Å²) in [6.45, 7) is 3.39. The first-order valence-electron chi connectivity index (χ1n) is 6.79. The molecule has 112 valence electrons. The van der Waals surface area contributed by atoms with Gasteiger partial charge in [0.2, 0.25) is 0 Å². The molecule has 0 aliphatic carbocycles. The van der Waals surface area contributed by atoms with Crippen LogP contribution in [-0.4, -0.2) is 64.2 Å². The highest BCUT2D eigenvalue weighted by atomic mass is 16.3. The predicted octanol–water partition coefficient (Wildman–Crippen LogP) is -0.550. The largest absolute Gasteiger partial charge is 0.396 e. The molecule has 1 saturated heterocycles. The molecule has 2 rings (SSSR count). The summed E-state index contributed by atoms with van der Waals surface area (Å²) in [7, 11) is 0. The molecule has 1 unspecified atom stereocenters. The fourth-order valence-corrected chi connectivity index (χ4v) is 2.31. The molecule has 0 saturated carbocycles. The van der Waals surface area contributed by atoms with Gasteiger partial charge in [-0.1, -0.05) is 0 Å². The number of nitrogens with one attached hydrogen (secondary N) is 1. The summed E-state index contributed by atoms with van der Waals surface area (Å²) in [4.78, 5) is 10.4. The van der Waals surface area contributed by atoms with Crippen molar-refractivity contribution in [2.45, 2.75) is 19.4 Å². The third-order valence-corrected chi connectivity index (χ3v) is 3.66. The van der Waals surface area contributed by atoms with Crippen molar-refractivity contribution in [1.29, 1.82) is 0 Å². The van der Waals surface area contributed by atoms with Crippen molar-refractivity contribution in [3.8, 4) is 0 Å². The third kappa shape index (κ3) is 3.36. The SMILES string of the molecule is CC(O)CNc1cc(N2CCC(CO)(CO)C2)ncn1. The van der Waals surface area contributed by atoms with Gasteiger partial charge < -0.3 is 25.5 Å². The molecule has 2 heterocycles. The summed E-state index contributed by atoms with van der Waals surface area (Å²) < 4.78 is 0. The Bertz CT molecular complexity index is 437. The third-order valence-electron chi connectivity index (χ3n) is 3.66. The number of aliphatic hydroxyl groups excluding tert-OH is 3. The molecular formula is C13H22N4O3. The summed E-state index contributed by atoms with van der Waals surface area (Å²) in [5.41, 5.74) is -0.446. The molecule has 1 aliphatic rings. The first-order valence-corrected chi connectivity index (χ1v) is 6.79. The van der Waals surface area contributed by atoms with Gasteiger partial charge in [-0.05, 0) is 13.3 Å². The molecule has 0 amide bonds. The van der Waals surface area contributed by atoms with Crippen LogP contribution in [0.5, 0.6) is 0 Å². The second-order valence-electron chi connectivity index (χ2n) is 5.48. The van der Waals surface area contributed by atoms with E-state index in [4.69, 9.17) is 0 Å². The quantitative estimate of drug-likeness (QED) is 0.555. The van der Waals surface area contributed by atoms with E-state index in [1.807, 2.05) is 11.0 Å². The summed E-state index contributed by atoms with van der Waals surface area (Å²) in [6.07, 6.45) is 1.76. The molecule has 7 nitrogen and oxygen atoms in total. The van der Waals surface area contributed by atoms with Crippen LogP contribution in [0.4, 0.5) is 11.6 Å². The average molecular weight is 282 g/mol. The van der Waals surface area contributed by atoms with Crippen LogP contribution in [0.2, 0.25) is 0 Å². The van der Waals surface area contributed by atoms with Gasteiger partial charge in [-0.25, -0.2) is 9.97 Å². The Labute approximate surface area is 118 Å². The minimum Gasteiger partial charge on any atom is -0.396 e. The summed E-state index contributed by atoms with van der Waals surface area (Å²) in [5.74, 6) is 1.42. The molecule has 1 fully saturated rings. The van der Waals surface area contributed by atoms with Crippen molar-refractivity contribution in [1.82, 2.24) is 9.97 Å². The maximum Gasteiger partial charge on any atom is 0.134 e. The minimum atomic E-state index is -0.448. The van der Waals surface area contributed by atoms with Gasteiger partial charge >= 0.3 is 0 Å². The topological polar surface area (TPSA) is 102 Å². The van der Waals surface area contributed by atoms with E-state index < -0.39 is 11.5 Å². The van der Waals surface area contributed by atoms with Crippen molar-refractivity contribution in [3.63, 3.8) is 0 Å². The normalized spacial score (nSPS) is 19.1. The molecule has 20 heavy (non-hydrogen) atoms. The van der Waals surface area contributed by atoms with Crippen LogP contribution in [0.15, 0.2) is 12.4 Å². The van der Waals surface area contributed by atoms with E-state index in [1.54, 1.807) is 6.92 Å². The minimum absolute atomic E-state index is 0.0295. The molecule has 0 radical (unpaired) electrons. The number of rotatable bonds is 6. The zero-order chi connectivity index (χ0) is 14.6. The van der Waals surface area contributed by atoms with E-state index in [-0.39, 0.29) is 13.2 Å². The van der Waals surface area contributed by atoms with Gasteiger partial charge in [-0.3, -0.25) is 0 Å². The van der Waals surface area contributed by atoms with Gasteiger partial charge in [-0.15, -0.1) is 0 Å². The van der Waals surface area contributed by atoms with Gasteiger partial charge in [0.25, 0.3) is 0 Å². The maximum atomic E-state index is 9.42. The Balaban J connectivity index is 2.05. The molecule has 1 atom stereocenters. The second-order valence-corrected chi connectivity index (χ2v) is 5.48. The Hall–Kier alpha value is -1.44. The van der Waals surface area contributed by atoms with Gasteiger partial charge in [0.1, 0.15) is 18.0 Å². The van der Waals surface area contributed by atoms with Crippen molar-refractivity contribution in [2.24, 2.45) is 5.41 Å². The lowest BCUT2D eigenvalue weighted by atomic mass is 9.89. The van der Waals surface area contributed by atoms with Crippen LogP contribution < -0.4 is 10.2 Å². The fourth-order valence-electron chi connectivity index (χ4n) is 2.31. The van der Waals surface area contributed by atoms with Gasteiger partial charge in [0, 0.05) is 31.1 Å². The zero-order valence-electron chi connectivity index (χ0n) is 11.7. The van der Waals surface area contributed by atoms with Crippen molar-refractivity contribution in [3.05, 3.63) is 12.4 Å². The lowest BCUT2D eigenvalue weighted by Gasteiger charge is -2.25. The standard InChI is InChI=1S/C13H22N4O3/c1-10(20)5-14-11-4-12(16-9-15-11)17-3-2-13(6-17,7-18)8-19/h4,9-10,18-20H,2-3,5-8H2,1H3,(H,14,15,16). The number of hydrogen-bond acceptors (Lipinski definition) is 7. The maximum absolute atomic E-state index is 9.42. The summed E-state index contributed by atoms with van der Waals surface area (Å²) >= 11 is 0. The Morgan fingerprint density at radius 1 is 1.40 bits per heavy atom. The Morgan fingerprint density at radius 3 is 2.75 bits per heavy atom. The second kappa shape index (κ2) is 6.34. The molecule has 1 aromatic heterocycles. The highest BCUT2D eigenvalue weighted by molar-refractivity contribution is 5.49. The monoisotopic (exact) mass is 282 g/mol. The van der Waals surface area contributed by atoms with Gasteiger partial charge in [-0.2, -0.15) is 0 Å². The van der Waals surface area contributed by atoms with Crippen molar-refractivity contribution in [2.75, 3.05) is 43.1 Å². The first kappa shape index (κ1) is 15.0. The number of hydrogen-bond donors (Lipinski definition) is 4. The number of aromatic nitrogens is 2. The van der Waals surface area contributed by atoms with Crippen LogP contribution in [0.25, 0.3) is 0 Å². The zero-order valence-corrected chi connectivity index (χ0v) is 11.7. The van der Waals surface area contributed by atoms with E-state index in [0.29, 0.717) is 18.9 Å². The fraction of sp³-hybridized carbons (Fsp3) is 0.692. The molecule has 0 bridgehead atoms. The van der Waals surface area contributed by atoms with Crippen LogP contribution in [0.1, 0.15) is 13.3 Å². The highest BCUT2D eigenvalue weighted by Crippen LogP contribution is 2.32. The number of anilines is 2. The van der Waals surface area contributed by atoms with Crippen molar-refractivity contribution < 1.29 is 15.3 Å². The van der Waals surface area contributed by atoms with Crippen molar-refractivity contribution >= 4 is 11.6 Å². The summed E-state index contributed by atoms with van der Waals surface area (Å²) in [6, 6.07) is 1.81. The molecular weight excluding hydrogens is 260 g/mol. The lowest BCUT2D eigenvalue weighted by molar-refractivity contribution is 0.0727. The molecule has 0 aromatic carbocycles. The number of aliphatic hydroxyl groups is 3. The Morgan fingerprint density at radius 2 is 2.15 bits per heavy atom. The van der Waals surface area contributed by atoms with Crippen LogP contribution in [-0.2, 0) is 0 Å². The van der Waals surface area contributed by atoms with Gasteiger partial charge in [0.05, 0.1) is 19.3 Å². The molecule has 7 heteroatoms. The van der Waals surface area contributed by atoms with Gasteiger partial charge in [0.15, 0.2) is 0 Å². The van der Waals surface area contributed by atoms with E-state index in [0.717, 1.165) is 18.8 Å². The molecule has 1 aliphatic heterocycles. The Kier molecular flexibility index (Phi) is 4.74. The summed E-state index contributed by atoms with van der Waals surface area (Å²) in [5, 5.41) is 31.1. The van der Waals surface area contributed by atoms with E-state index in [1.165, 1.54) is 6.33 Å². The number of nitrogens with zero attached hydrogens (tertiary/aromatic N) is 3. The molecule has 1 aromatic rings. The molecule has 0 spiro atoms. The first-order chi connectivity index (χ1) is 9.58. The smallest absolute Gasteiger partial charge is 0.134 e. The van der Waals surface area contributed by atoms with Crippen LogP contribution in [0, 0.1) is 5.41 Å². The van der Waals surface area contributed by atoms with Crippen LogP contribution >= 0.6 is 0 Å². The van der Waals surface area contributed by atoms with E-state index >= 15 is 0 Å². The highest BCUT2D eigenvalue weighted by Gasteiger charge is 2.37. The van der Waals surface area contributed by atoms with E-state index in [2.05, 4.69) is 15.3 Å². The lowest BCUT2D eigenvalue weighted by Crippen LogP contribution is -2.34. The predicted molar refractivity (Wildman–Crippen MR) is 75.6 cm³/mol. The molecule has 4 N–H and O–H groups in total. The van der Waals surface area contributed by atoms with E-state index in [9.17, 15) is 15.3 Å². The average Bonchev–Trinajstić information content (AvgIpc) is 2.91. The van der Waals surface area contributed by atoms with Crippen LogP contribution in [0.3, 0.4) is 0 Å².